The van der Waals surface area contributed by atoms with Crippen molar-refractivity contribution >= 4 is 6.29 Å². The fourth-order valence-electron chi connectivity index (χ4n) is 0.539. The Bertz CT molecular complexity index is 207. The minimum atomic E-state index is 0.422. The number of hydrogen-bond donors (Lipinski definition) is 2. The van der Waals surface area contributed by atoms with Gasteiger partial charge in [-0.2, -0.15) is 0 Å². The van der Waals surface area contributed by atoms with Crippen LogP contribution < -0.4 is 11.1 Å². The molecule has 0 bridgehead atoms. The highest BCUT2D eigenvalue weighted by atomic mass is 16.1. The van der Waals surface area contributed by atoms with Gasteiger partial charge in [0, 0.05) is 24.4 Å². The van der Waals surface area contributed by atoms with E-state index in [-0.39, 0.29) is 0 Å². The number of carbonyl (C=O) groups is 1. The Hall–Kier alpha value is -1.35. The molecule has 12 heavy (non-hydrogen) atoms. The Morgan fingerprint density at radius 1 is 1.42 bits per heavy atom. The highest BCUT2D eigenvalue weighted by Gasteiger charge is 1.85. The molecule has 3 N–H and O–H groups in total. The lowest BCUT2D eigenvalue weighted by Gasteiger charge is -2.01. The number of nitrogens with one attached hydrogen (secondary N) is 1. The van der Waals surface area contributed by atoms with Gasteiger partial charge in [0.1, 0.15) is 6.29 Å². The van der Waals surface area contributed by atoms with E-state index in [2.05, 4.69) is 18.5 Å². The van der Waals surface area contributed by atoms with Crippen LogP contribution in [0.2, 0.25) is 0 Å². The number of hydrogen-bond acceptors (Lipinski definition) is 3. The molecule has 0 unspecified atom stereocenters. The third-order valence-corrected chi connectivity index (χ3v) is 1.15. The highest BCUT2D eigenvalue weighted by Crippen LogP contribution is 1.91. The zero-order valence-corrected chi connectivity index (χ0v) is 7.05. The van der Waals surface area contributed by atoms with Crippen LogP contribution in [0.4, 0.5) is 0 Å². The molecule has 0 spiro atoms. The normalized spacial score (nSPS) is 9.75. The molecule has 0 heterocycles. The molecule has 0 aromatic rings. The minimum absolute atomic E-state index is 0.422. The second kappa shape index (κ2) is 6.37. The summed E-state index contributed by atoms with van der Waals surface area (Å²) in [6, 6.07) is 0. The maximum atomic E-state index is 10.1. The van der Waals surface area contributed by atoms with E-state index in [1.165, 1.54) is 0 Å². The molecule has 0 fully saturated rings. The van der Waals surface area contributed by atoms with Gasteiger partial charge in [0.25, 0.3) is 0 Å². The van der Waals surface area contributed by atoms with Crippen molar-refractivity contribution in [1.29, 1.82) is 0 Å². The van der Waals surface area contributed by atoms with Gasteiger partial charge in [-0.15, -0.1) is 0 Å². The van der Waals surface area contributed by atoms with Gasteiger partial charge in [-0.05, 0) is 6.08 Å². The molecule has 0 aliphatic heterocycles. The van der Waals surface area contributed by atoms with Crippen molar-refractivity contribution in [2.45, 2.75) is 0 Å². The van der Waals surface area contributed by atoms with Gasteiger partial charge < -0.3 is 11.1 Å². The SMILES string of the molecule is C=C(C=O)/C=C\C(=C)NCCN. The molecule has 0 amide bonds. The van der Waals surface area contributed by atoms with Crippen LogP contribution in [-0.4, -0.2) is 19.4 Å². The molecule has 3 heteroatoms. The van der Waals surface area contributed by atoms with Crippen LogP contribution in [0.3, 0.4) is 0 Å². The Balaban J connectivity index is 3.75. The third kappa shape index (κ3) is 5.44. The van der Waals surface area contributed by atoms with Crippen molar-refractivity contribution in [2.75, 3.05) is 13.1 Å². The van der Waals surface area contributed by atoms with Gasteiger partial charge >= 0.3 is 0 Å². The summed E-state index contributed by atoms with van der Waals surface area (Å²) in [5.41, 5.74) is 6.40. The van der Waals surface area contributed by atoms with Gasteiger partial charge in [-0.1, -0.05) is 19.2 Å². The molecule has 0 rings (SSSR count). The number of nitrogens with two attached hydrogens (primary N) is 1. The van der Waals surface area contributed by atoms with Crippen LogP contribution in [0.25, 0.3) is 0 Å². The molecular weight excluding hydrogens is 152 g/mol. The first-order valence-electron chi connectivity index (χ1n) is 3.65. The maximum absolute atomic E-state index is 10.1. The second-order valence-electron chi connectivity index (χ2n) is 2.27. The molecule has 0 saturated heterocycles. The lowest BCUT2D eigenvalue weighted by atomic mass is 10.3. The molecule has 0 aliphatic rings. The van der Waals surface area contributed by atoms with Gasteiger partial charge in [-0.3, -0.25) is 4.79 Å². The molecule has 0 atom stereocenters. The van der Waals surface area contributed by atoms with E-state index in [0.717, 1.165) is 5.70 Å². The van der Waals surface area contributed by atoms with Gasteiger partial charge in [0.2, 0.25) is 0 Å². The highest BCUT2D eigenvalue weighted by molar-refractivity contribution is 5.76. The van der Waals surface area contributed by atoms with E-state index >= 15 is 0 Å². The van der Waals surface area contributed by atoms with E-state index in [9.17, 15) is 4.79 Å². The summed E-state index contributed by atoms with van der Waals surface area (Å²) in [5, 5.41) is 2.95. The van der Waals surface area contributed by atoms with Gasteiger partial charge in [0.15, 0.2) is 0 Å². The standard InChI is InChI=1S/C9H14N2O/c1-8(7-12)3-4-9(2)11-6-5-10/h3-4,7,11H,1-2,5-6,10H2/b4-3-. The summed E-state index contributed by atoms with van der Waals surface area (Å²) >= 11 is 0. The quantitative estimate of drug-likeness (QED) is 0.340. The van der Waals surface area contributed by atoms with Crippen molar-refractivity contribution in [3.63, 3.8) is 0 Å². The molecule has 3 nitrogen and oxygen atoms in total. The van der Waals surface area contributed by atoms with Gasteiger partial charge in [0.05, 0.1) is 0 Å². The fourth-order valence-corrected chi connectivity index (χ4v) is 0.539. The first-order valence-corrected chi connectivity index (χ1v) is 3.65. The second-order valence-corrected chi connectivity index (χ2v) is 2.27. The summed E-state index contributed by atoms with van der Waals surface area (Å²) < 4.78 is 0. The van der Waals surface area contributed by atoms with Crippen LogP contribution in [0.1, 0.15) is 0 Å². The van der Waals surface area contributed by atoms with E-state index in [1.807, 2.05) is 0 Å². The van der Waals surface area contributed by atoms with Crippen molar-refractivity contribution in [3.8, 4) is 0 Å². The zero-order chi connectivity index (χ0) is 9.40. The first-order chi connectivity index (χ1) is 5.70. The van der Waals surface area contributed by atoms with E-state index in [1.54, 1.807) is 12.2 Å². The van der Waals surface area contributed by atoms with Crippen LogP contribution in [0.5, 0.6) is 0 Å². The fraction of sp³-hybridized carbons (Fsp3) is 0.222. The summed E-state index contributed by atoms with van der Waals surface area (Å²) in [6.07, 6.45) is 3.97. The molecule has 0 radical (unpaired) electrons. The lowest BCUT2D eigenvalue weighted by molar-refractivity contribution is -0.104. The lowest BCUT2D eigenvalue weighted by Crippen LogP contribution is -2.20. The summed E-state index contributed by atoms with van der Waals surface area (Å²) in [4.78, 5) is 10.1. The molecule has 66 valence electrons. The summed E-state index contributed by atoms with van der Waals surface area (Å²) in [5.74, 6) is 0. The number of allylic oxidation sites excluding steroid dienone is 3. The van der Waals surface area contributed by atoms with Crippen molar-refractivity contribution in [2.24, 2.45) is 5.73 Å². The maximum Gasteiger partial charge on any atom is 0.149 e. The van der Waals surface area contributed by atoms with Crippen molar-refractivity contribution < 1.29 is 4.79 Å². The Labute approximate surface area is 72.6 Å². The third-order valence-electron chi connectivity index (χ3n) is 1.15. The smallest absolute Gasteiger partial charge is 0.149 e. The number of rotatable bonds is 6. The van der Waals surface area contributed by atoms with Crippen LogP contribution in [0, 0.1) is 0 Å². The van der Waals surface area contributed by atoms with E-state index in [4.69, 9.17) is 5.73 Å². The monoisotopic (exact) mass is 166 g/mol. The average molecular weight is 166 g/mol. The Kier molecular flexibility index (Phi) is 5.65. The van der Waals surface area contributed by atoms with Crippen LogP contribution in [0.15, 0.2) is 36.6 Å². The van der Waals surface area contributed by atoms with Crippen molar-refractivity contribution in [1.82, 2.24) is 5.32 Å². The molecule has 0 aromatic heterocycles. The predicted molar refractivity (Wildman–Crippen MR) is 50.5 cm³/mol. The summed E-state index contributed by atoms with van der Waals surface area (Å²) in [7, 11) is 0. The minimum Gasteiger partial charge on any atom is -0.384 e. The van der Waals surface area contributed by atoms with E-state index < -0.39 is 0 Å². The molecule has 0 saturated carbocycles. The number of carbonyl (C=O) groups excluding carboxylic acids is 1. The average Bonchev–Trinajstić information content (AvgIpc) is 2.10. The van der Waals surface area contributed by atoms with Crippen LogP contribution in [-0.2, 0) is 4.79 Å². The largest absolute Gasteiger partial charge is 0.384 e. The first kappa shape index (κ1) is 10.7. The van der Waals surface area contributed by atoms with E-state index in [0.29, 0.717) is 24.9 Å². The molecule has 0 aliphatic carbocycles. The van der Waals surface area contributed by atoms with Crippen molar-refractivity contribution in [3.05, 3.63) is 36.6 Å². The topological polar surface area (TPSA) is 55.1 Å². The molecule has 0 aromatic carbocycles. The molecular formula is C9H14N2O. The van der Waals surface area contributed by atoms with Gasteiger partial charge in [-0.25, -0.2) is 0 Å². The summed E-state index contributed by atoms with van der Waals surface area (Å²) in [6.45, 7) is 8.40. The zero-order valence-electron chi connectivity index (χ0n) is 7.05. The van der Waals surface area contributed by atoms with Crippen LogP contribution >= 0.6 is 0 Å². The predicted octanol–water partition coefficient (Wildman–Crippen LogP) is 0.360. The number of aldehydes is 1. The Morgan fingerprint density at radius 2 is 2.08 bits per heavy atom. The Morgan fingerprint density at radius 3 is 2.58 bits per heavy atom.